The molecule has 1 aliphatic rings. The molecule has 0 bridgehead atoms. The fourth-order valence-electron chi connectivity index (χ4n) is 2.23. The molecule has 1 fully saturated rings. The van der Waals surface area contributed by atoms with Crippen molar-refractivity contribution in [3.05, 3.63) is 29.8 Å². The zero-order chi connectivity index (χ0) is 14.6. The first-order valence-electron chi connectivity index (χ1n) is 6.60. The van der Waals surface area contributed by atoms with Gasteiger partial charge in [-0.05, 0) is 37.0 Å². The van der Waals surface area contributed by atoms with Gasteiger partial charge < -0.3 is 15.2 Å². The largest absolute Gasteiger partial charge is 0.492 e. The molecule has 3 nitrogen and oxygen atoms in total. The molecule has 1 aromatic rings. The molecule has 20 heavy (non-hydrogen) atoms. The van der Waals surface area contributed by atoms with Crippen molar-refractivity contribution in [3.63, 3.8) is 0 Å². The highest BCUT2D eigenvalue weighted by atomic mass is 19.4. The van der Waals surface area contributed by atoms with Gasteiger partial charge in [-0.2, -0.15) is 13.2 Å². The minimum Gasteiger partial charge on any atom is -0.492 e. The van der Waals surface area contributed by atoms with Gasteiger partial charge in [0.05, 0.1) is 5.56 Å². The molecule has 6 heteroatoms. The van der Waals surface area contributed by atoms with Crippen LogP contribution in [0.2, 0.25) is 0 Å². The third-order valence-electron chi connectivity index (χ3n) is 3.48. The van der Waals surface area contributed by atoms with E-state index < -0.39 is 11.7 Å². The number of hydrogen-bond acceptors (Lipinski definition) is 3. The van der Waals surface area contributed by atoms with Crippen molar-refractivity contribution >= 4 is 0 Å². The van der Waals surface area contributed by atoms with E-state index in [4.69, 9.17) is 15.2 Å². The zero-order valence-corrected chi connectivity index (χ0v) is 11.0. The highest BCUT2D eigenvalue weighted by molar-refractivity contribution is 5.30. The maximum Gasteiger partial charge on any atom is 0.416 e. The minimum atomic E-state index is -4.36. The van der Waals surface area contributed by atoms with Crippen LogP contribution in [-0.4, -0.2) is 25.9 Å². The number of halogens is 3. The molecule has 2 N–H and O–H groups in total. The van der Waals surface area contributed by atoms with E-state index in [-0.39, 0.29) is 18.4 Å². The van der Waals surface area contributed by atoms with Crippen LogP contribution in [0.4, 0.5) is 13.2 Å². The normalized spacial score (nSPS) is 18.8. The lowest BCUT2D eigenvalue weighted by molar-refractivity contribution is -0.137. The SMILES string of the molecule is NC(COc1cccc(C(F)(F)F)c1)C1CCOCC1. The quantitative estimate of drug-likeness (QED) is 0.927. The third-order valence-corrected chi connectivity index (χ3v) is 3.48. The van der Waals surface area contributed by atoms with E-state index in [1.165, 1.54) is 12.1 Å². The van der Waals surface area contributed by atoms with Gasteiger partial charge in [0.1, 0.15) is 12.4 Å². The van der Waals surface area contributed by atoms with Gasteiger partial charge in [0.15, 0.2) is 0 Å². The number of ether oxygens (including phenoxy) is 2. The summed E-state index contributed by atoms with van der Waals surface area (Å²) in [4.78, 5) is 0. The Morgan fingerprint density at radius 3 is 2.65 bits per heavy atom. The lowest BCUT2D eigenvalue weighted by atomic mass is 9.93. The highest BCUT2D eigenvalue weighted by Crippen LogP contribution is 2.31. The Morgan fingerprint density at radius 1 is 1.30 bits per heavy atom. The molecule has 0 spiro atoms. The van der Waals surface area contributed by atoms with E-state index in [0.717, 1.165) is 25.0 Å². The van der Waals surface area contributed by atoms with Gasteiger partial charge in [0.2, 0.25) is 0 Å². The zero-order valence-electron chi connectivity index (χ0n) is 11.0. The molecule has 0 radical (unpaired) electrons. The summed E-state index contributed by atoms with van der Waals surface area (Å²) in [5.41, 5.74) is 5.30. The van der Waals surface area contributed by atoms with Crippen molar-refractivity contribution < 1.29 is 22.6 Å². The molecule has 0 aromatic heterocycles. The molecule has 0 saturated carbocycles. The number of hydrogen-bond donors (Lipinski definition) is 1. The second-order valence-corrected chi connectivity index (χ2v) is 4.95. The summed E-state index contributed by atoms with van der Waals surface area (Å²) in [7, 11) is 0. The number of nitrogens with two attached hydrogens (primary N) is 1. The predicted molar refractivity (Wildman–Crippen MR) is 68.5 cm³/mol. The van der Waals surface area contributed by atoms with Crippen LogP contribution in [-0.2, 0) is 10.9 Å². The molecule has 1 unspecified atom stereocenters. The van der Waals surface area contributed by atoms with Crippen LogP contribution in [0.3, 0.4) is 0 Å². The van der Waals surface area contributed by atoms with E-state index >= 15 is 0 Å². The predicted octanol–water partition coefficient (Wildman–Crippen LogP) is 2.84. The van der Waals surface area contributed by atoms with Crippen LogP contribution < -0.4 is 10.5 Å². The Balaban J connectivity index is 1.90. The van der Waals surface area contributed by atoms with Gasteiger partial charge in [0, 0.05) is 19.3 Å². The van der Waals surface area contributed by atoms with Crippen LogP contribution in [0.15, 0.2) is 24.3 Å². The Hall–Kier alpha value is -1.27. The van der Waals surface area contributed by atoms with Crippen molar-refractivity contribution in [1.29, 1.82) is 0 Å². The van der Waals surface area contributed by atoms with E-state index in [2.05, 4.69) is 0 Å². The molecule has 1 saturated heterocycles. The average Bonchev–Trinajstić information content (AvgIpc) is 2.45. The van der Waals surface area contributed by atoms with E-state index in [0.29, 0.717) is 19.1 Å². The molecule has 0 amide bonds. The first-order valence-corrected chi connectivity index (χ1v) is 6.60. The summed E-state index contributed by atoms with van der Waals surface area (Å²) in [6.45, 7) is 1.58. The van der Waals surface area contributed by atoms with Crippen molar-refractivity contribution in [1.82, 2.24) is 0 Å². The Labute approximate surface area is 115 Å². The van der Waals surface area contributed by atoms with E-state index in [1.807, 2.05) is 0 Å². The summed E-state index contributed by atoms with van der Waals surface area (Å²) < 4.78 is 48.3. The number of benzene rings is 1. The second kappa shape index (κ2) is 6.45. The lowest BCUT2D eigenvalue weighted by Gasteiger charge is -2.27. The molecule has 1 heterocycles. The van der Waals surface area contributed by atoms with Gasteiger partial charge in [0.25, 0.3) is 0 Å². The first-order chi connectivity index (χ1) is 9.47. The molecule has 0 aliphatic carbocycles. The second-order valence-electron chi connectivity index (χ2n) is 4.95. The fourth-order valence-corrected chi connectivity index (χ4v) is 2.23. The van der Waals surface area contributed by atoms with Gasteiger partial charge >= 0.3 is 6.18 Å². The monoisotopic (exact) mass is 289 g/mol. The van der Waals surface area contributed by atoms with Crippen molar-refractivity contribution in [3.8, 4) is 5.75 Å². The first kappa shape index (κ1) is 15.1. The standard InChI is InChI=1S/C14H18F3NO2/c15-14(16,17)11-2-1-3-12(8-11)20-9-13(18)10-4-6-19-7-5-10/h1-3,8,10,13H,4-7,9,18H2. The molecule has 1 aromatic carbocycles. The van der Waals surface area contributed by atoms with Crippen LogP contribution in [0.5, 0.6) is 5.75 Å². The van der Waals surface area contributed by atoms with Gasteiger partial charge in [-0.25, -0.2) is 0 Å². The average molecular weight is 289 g/mol. The van der Waals surface area contributed by atoms with E-state index in [9.17, 15) is 13.2 Å². The topological polar surface area (TPSA) is 44.5 Å². The van der Waals surface area contributed by atoms with Gasteiger partial charge in [-0.1, -0.05) is 6.07 Å². The fraction of sp³-hybridized carbons (Fsp3) is 0.571. The number of alkyl halides is 3. The van der Waals surface area contributed by atoms with Crippen LogP contribution in [0.1, 0.15) is 18.4 Å². The molecule has 2 rings (SSSR count). The third kappa shape index (κ3) is 4.11. The Bertz CT molecular complexity index is 431. The maximum atomic E-state index is 12.6. The van der Waals surface area contributed by atoms with Crippen LogP contribution in [0, 0.1) is 5.92 Å². The summed E-state index contributed by atoms with van der Waals surface area (Å²) in [5.74, 6) is 0.497. The smallest absolute Gasteiger partial charge is 0.416 e. The Kier molecular flexibility index (Phi) is 4.88. The van der Waals surface area contributed by atoms with Gasteiger partial charge in [-0.15, -0.1) is 0 Å². The summed E-state index contributed by atoms with van der Waals surface area (Å²) >= 11 is 0. The van der Waals surface area contributed by atoms with Crippen molar-refractivity contribution in [2.75, 3.05) is 19.8 Å². The van der Waals surface area contributed by atoms with E-state index in [1.54, 1.807) is 0 Å². The molecule has 1 atom stereocenters. The summed E-state index contributed by atoms with van der Waals surface area (Å²) in [6, 6.07) is 4.67. The summed E-state index contributed by atoms with van der Waals surface area (Å²) in [5, 5.41) is 0. The number of rotatable bonds is 4. The Morgan fingerprint density at radius 2 is 2.00 bits per heavy atom. The molecule has 1 aliphatic heterocycles. The maximum absolute atomic E-state index is 12.6. The molecule has 112 valence electrons. The van der Waals surface area contributed by atoms with Crippen molar-refractivity contribution in [2.45, 2.75) is 25.1 Å². The highest BCUT2D eigenvalue weighted by Gasteiger charge is 2.30. The van der Waals surface area contributed by atoms with Crippen LogP contribution >= 0.6 is 0 Å². The van der Waals surface area contributed by atoms with Crippen molar-refractivity contribution in [2.24, 2.45) is 11.7 Å². The van der Waals surface area contributed by atoms with Crippen LogP contribution in [0.25, 0.3) is 0 Å². The summed E-state index contributed by atoms with van der Waals surface area (Å²) in [6.07, 6.45) is -2.62. The minimum absolute atomic E-state index is 0.187. The molecular formula is C14H18F3NO2. The lowest BCUT2D eigenvalue weighted by Crippen LogP contribution is -2.38. The van der Waals surface area contributed by atoms with Gasteiger partial charge in [-0.3, -0.25) is 0 Å². The molecular weight excluding hydrogens is 271 g/mol.